The van der Waals surface area contributed by atoms with Crippen LogP contribution in [0.1, 0.15) is 46.5 Å². The van der Waals surface area contributed by atoms with E-state index < -0.39 is 0 Å². The van der Waals surface area contributed by atoms with Crippen molar-refractivity contribution < 1.29 is 4.74 Å². The van der Waals surface area contributed by atoms with Crippen LogP contribution in [0, 0.1) is 5.92 Å². The van der Waals surface area contributed by atoms with Gasteiger partial charge in [-0.15, -0.1) is 0 Å². The van der Waals surface area contributed by atoms with Crippen molar-refractivity contribution in [2.45, 2.75) is 52.5 Å². The number of ether oxygens (including phenoxy) is 1. The summed E-state index contributed by atoms with van der Waals surface area (Å²) in [6, 6.07) is 0.799. The van der Waals surface area contributed by atoms with Crippen LogP contribution in [-0.2, 0) is 4.74 Å². The minimum Gasteiger partial charge on any atom is -0.380 e. The molecule has 1 rings (SSSR count). The van der Waals surface area contributed by atoms with Gasteiger partial charge in [-0.05, 0) is 51.7 Å². The lowest BCUT2D eigenvalue weighted by molar-refractivity contribution is 0.111. The Morgan fingerprint density at radius 2 is 2.11 bits per heavy atom. The average Bonchev–Trinajstić information content (AvgIpc) is 2.34. The second kappa shape index (κ2) is 9.76. The van der Waals surface area contributed by atoms with Crippen LogP contribution in [0.4, 0.5) is 0 Å². The molecule has 0 aromatic heterocycles. The molecule has 1 fully saturated rings. The van der Waals surface area contributed by atoms with Gasteiger partial charge in [-0.3, -0.25) is 0 Å². The van der Waals surface area contributed by atoms with Crippen molar-refractivity contribution in [2.75, 3.05) is 39.4 Å². The van der Waals surface area contributed by atoms with Crippen molar-refractivity contribution in [3.05, 3.63) is 0 Å². The summed E-state index contributed by atoms with van der Waals surface area (Å²) < 4.78 is 5.54. The molecule has 0 amide bonds. The Kier molecular flexibility index (Phi) is 8.64. The number of hydrogen-bond donors (Lipinski definition) is 1. The molecule has 0 aromatic rings. The van der Waals surface area contributed by atoms with Gasteiger partial charge in [0.15, 0.2) is 0 Å². The largest absolute Gasteiger partial charge is 0.380 e. The van der Waals surface area contributed by atoms with Gasteiger partial charge in [0.1, 0.15) is 0 Å². The highest BCUT2D eigenvalue weighted by molar-refractivity contribution is 4.72. The Morgan fingerprint density at radius 1 is 1.28 bits per heavy atom. The zero-order chi connectivity index (χ0) is 13.2. The SMILES string of the molecule is CC(C)COCCNCCCN1CCCCC1C. The van der Waals surface area contributed by atoms with Crippen molar-refractivity contribution in [1.29, 1.82) is 0 Å². The number of nitrogens with zero attached hydrogens (tertiary/aromatic N) is 1. The number of piperidine rings is 1. The number of nitrogens with one attached hydrogen (secondary N) is 1. The molecule has 1 aliphatic rings. The zero-order valence-electron chi connectivity index (χ0n) is 12.6. The molecule has 0 aromatic carbocycles. The predicted molar refractivity (Wildman–Crippen MR) is 78.0 cm³/mol. The molecular formula is C15H32N2O. The molecule has 18 heavy (non-hydrogen) atoms. The molecule has 3 heteroatoms. The van der Waals surface area contributed by atoms with E-state index in [1.54, 1.807) is 0 Å². The minimum atomic E-state index is 0.644. The Hall–Kier alpha value is -0.120. The maximum Gasteiger partial charge on any atom is 0.0591 e. The molecule has 3 nitrogen and oxygen atoms in total. The van der Waals surface area contributed by atoms with Gasteiger partial charge < -0.3 is 15.0 Å². The van der Waals surface area contributed by atoms with Crippen LogP contribution in [0.3, 0.4) is 0 Å². The Bertz CT molecular complexity index is 197. The molecule has 0 radical (unpaired) electrons. The number of likely N-dealkylation sites (tertiary alicyclic amines) is 1. The zero-order valence-corrected chi connectivity index (χ0v) is 12.6. The first kappa shape index (κ1) is 15.9. The lowest BCUT2D eigenvalue weighted by atomic mass is 10.0. The number of hydrogen-bond acceptors (Lipinski definition) is 3. The smallest absolute Gasteiger partial charge is 0.0591 e. The highest BCUT2D eigenvalue weighted by Gasteiger charge is 2.16. The summed E-state index contributed by atoms with van der Waals surface area (Å²) in [5, 5.41) is 3.46. The van der Waals surface area contributed by atoms with Gasteiger partial charge in [0, 0.05) is 19.2 Å². The second-order valence-electron chi connectivity index (χ2n) is 5.95. The average molecular weight is 256 g/mol. The fourth-order valence-corrected chi connectivity index (χ4v) is 2.49. The van der Waals surface area contributed by atoms with Crippen LogP contribution >= 0.6 is 0 Å². The maximum atomic E-state index is 5.54. The monoisotopic (exact) mass is 256 g/mol. The van der Waals surface area contributed by atoms with E-state index in [2.05, 4.69) is 31.0 Å². The molecule has 1 atom stereocenters. The Balaban J connectivity index is 1.86. The molecular weight excluding hydrogens is 224 g/mol. The van der Waals surface area contributed by atoms with E-state index in [4.69, 9.17) is 4.74 Å². The van der Waals surface area contributed by atoms with Crippen LogP contribution in [0.25, 0.3) is 0 Å². The van der Waals surface area contributed by atoms with Gasteiger partial charge in [-0.25, -0.2) is 0 Å². The van der Waals surface area contributed by atoms with Gasteiger partial charge >= 0.3 is 0 Å². The number of rotatable bonds is 9. The van der Waals surface area contributed by atoms with Crippen molar-refractivity contribution in [1.82, 2.24) is 10.2 Å². The van der Waals surface area contributed by atoms with E-state index in [-0.39, 0.29) is 0 Å². The maximum absolute atomic E-state index is 5.54. The van der Waals surface area contributed by atoms with Gasteiger partial charge in [-0.1, -0.05) is 20.3 Å². The molecule has 0 saturated carbocycles. The quantitative estimate of drug-likeness (QED) is 0.642. The van der Waals surface area contributed by atoms with Gasteiger partial charge in [0.05, 0.1) is 6.61 Å². The lowest BCUT2D eigenvalue weighted by Crippen LogP contribution is -2.39. The molecule has 1 N–H and O–H groups in total. The molecule has 0 spiro atoms. The fraction of sp³-hybridized carbons (Fsp3) is 1.00. The third-order valence-corrected chi connectivity index (χ3v) is 3.61. The standard InChI is InChI=1S/C15H32N2O/c1-14(2)13-18-12-9-16-8-6-11-17-10-5-4-7-15(17)3/h14-16H,4-13H2,1-3H3. The molecule has 1 saturated heterocycles. The lowest BCUT2D eigenvalue weighted by Gasteiger charge is -2.33. The molecule has 1 heterocycles. The van der Waals surface area contributed by atoms with E-state index in [1.165, 1.54) is 38.8 Å². The summed E-state index contributed by atoms with van der Waals surface area (Å²) in [6.45, 7) is 13.1. The van der Waals surface area contributed by atoms with Crippen molar-refractivity contribution in [3.8, 4) is 0 Å². The van der Waals surface area contributed by atoms with Crippen LogP contribution in [-0.4, -0.2) is 50.3 Å². The summed E-state index contributed by atoms with van der Waals surface area (Å²) in [6.07, 6.45) is 5.45. The van der Waals surface area contributed by atoms with Crippen molar-refractivity contribution >= 4 is 0 Å². The highest BCUT2D eigenvalue weighted by Crippen LogP contribution is 2.15. The predicted octanol–water partition coefficient (Wildman–Crippen LogP) is 2.51. The Morgan fingerprint density at radius 3 is 2.83 bits per heavy atom. The second-order valence-corrected chi connectivity index (χ2v) is 5.95. The van der Waals surface area contributed by atoms with Crippen molar-refractivity contribution in [2.24, 2.45) is 5.92 Å². The molecule has 1 aliphatic heterocycles. The molecule has 0 aliphatic carbocycles. The van der Waals surface area contributed by atoms with Crippen LogP contribution in [0.5, 0.6) is 0 Å². The van der Waals surface area contributed by atoms with Crippen LogP contribution < -0.4 is 5.32 Å². The van der Waals surface area contributed by atoms with E-state index in [0.29, 0.717) is 5.92 Å². The first-order chi connectivity index (χ1) is 8.70. The van der Waals surface area contributed by atoms with Crippen molar-refractivity contribution in [3.63, 3.8) is 0 Å². The molecule has 1 unspecified atom stereocenters. The van der Waals surface area contributed by atoms with Crippen LogP contribution in [0.2, 0.25) is 0 Å². The first-order valence-electron chi connectivity index (χ1n) is 7.72. The summed E-state index contributed by atoms with van der Waals surface area (Å²) in [4.78, 5) is 2.64. The third kappa shape index (κ3) is 7.34. The summed E-state index contributed by atoms with van der Waals surface area (Å²) in [5.41, 5.74) is 0. The Labute approximate surface area is 113 Å². The van der Waals surface area contributed by atoms with Gasteiger partial charge in [0.2, 0.25) is 0 Å². The highest BCUT2D eigenvalue weighted by atomic mass is 16.5. The normalized spacial score (nSPS) is 21.7. The van der Waals surface area contributed by atoms with E-state index in [9.17, 15) is 0 Å². The summed E-state index contributed by atoms with van der Waals surface area (Å²) in [5.74, 6) is 0.644. The minimum absolute atomic E-state index is 0.644. The topological polar surface area (TPSA) is 24.5 Å². The van der Waals surface area contributed by atoms with Gasteiger partial charge in [0.25, 0.3) is 0 Å². The van der Waals surface area contributed by atoms with Crippen LogP contribution in [0.15, 0.2) is 0 Å². The molecule has 108 valence electrons. The van der Waals surface area contributed by atoms with E-state index in [0.717, 1.165) is 32.3 Å². The third-order valence-electron chi connectivity index (χ3n) is 3.61. The fourth-order valence-electron chi connectivity index (χ4n) is 2.49. The summed E-state index contributed by atoms with van der Waals surface area (Å²) in [7, 11) is 0. The first-order valence-corrected chi connectivity index (χ1v) is 7.72. The van der Waals surface area contributed by atoms with E-state index >= 15 is 0 Å². The molecule has 0 bridgehead atoms. The van der Waals surface area contributed by atoms with E-state index in [1.807, 2.05) is 0 Å². The van der Waals surface area contributed by atoms with Gasteiger partial charge in [-0.2, -0.15) is 0 Å². The summed E-state index contributed by atoms with van der Waals surface area (Å²) >= 11 is 0.